The van der Waals surface area contributed by atoms with Gasteiger partial charge in [-0.15, -0.1) is 0 Å². The Morgan fingerprint density at radius 2 is 1.85 bits per heavy atom. The van der Waals surface area contributed by atoms with Crippen molar-refractivity contribution in [2.24, 2.45) is 0 Å². The maximum absolute atomic E-state index is 13.0. The molecule has 8 heteroatoms. The summed E-state index contributed by atoms with van der Waals surface area (Å²) >= 11 is 6.15. The molecule has 0 atom stereocenters. The van der Waals surface area contributed by atoms with Crippen LogP contribution in [0.5, 0.6) is 0 Å². The van der Waals surface area contributed by atoms with E-state index in [0.717, 1.165) is 43.0 Å². The number of para-hydroxylation sites is 2. The summed E-state index contributed by atoms with van der Waals surface area (Å²) in [6.45, 7) is 8.05. The number of amides is 1. The van der Waals surface area contributed by atoms with E-state index in [-0.39, 0.29) is 5.91 Å². The number of hydrogen-bond donors (Lipinski definition) is 2. The molecule has 0 aliphatic carbocycles. The van der Waals surface area contributed by atoms with E-state index in [2.05, 4.69) is 39.5 Å². The molecule has 0 unspecified atom stereocenters. The molecular formula is C25H27ClN6O. The van der Waals surface area contributed by atoms with E-state index >= 15 is 0 Å². The Bertz CT molecular complexity index is 1250. The highest BCUT2D eigenvalue weighted by molar-refractivity contribution is 6.30. The average molecular weight is 463 g/mol. The second-order valence-corrected chi connectivity index (χ2v) is 8.04. The minimum atomic E-state index is -0.284. The molecule has 4 aromatic rings. The predicted molar refractivity (Wildman–Crippen MR) is 134 cm³/mol. The zero-order valence-corrected chi connectivity index (χ0v) is 19.5. The largest absolute Gasteiger partial charge is 0.382 e. The fourth-order valence-electron chi connectivity index (χ4n) is 3.68. The van der Waals surface area contributed by atoms with E-state index in [4.69, 9.17) is 11.6 Å². The van der Waals surface area contributed by atoms with Gasteiger partial charge in [0, 0.05) is 29.9 Å². The average Bonchev–Trinajstić information content (AvgIpc) is 3.26. The lowest BCUT2D eigenvalue weighted by atomic mass is 10.1. The second-order valence-electron chi connectivity index (χ2n) is 7.60. The Kier molecular flexibility index (Phi) is 7.22. The summed E-state index contributed by atoms with van der Waals surface area (Å²) in [5.74, 6) is -0.284. The highest BCUT2D eigenvalue weighted by Gasteiger charge is 2.14. The van der Waals surface area contributed by atoms with Crippen LogP contribution >= 0.6 is 11.6 Å². The molecule has 0 radical (unpaired) electrons. The third-order valence-electron chi connectivity index (χ3n) is 5.55. The number of rotatable bonds is 9. The van der Waals surface area contributed by atoms with Gasteiger partial charge in [0.1, 0.15) is 5.69 Å². The molecule has 0 spiro atoms. The van der Waals surface area contributed by atoms with Gasteiger partial charge in [-0.2, -0.15) is 5.10 Å². The van der Waals surface area contributed by atoms with E-state index < -0.39 is 0 Å². The summed E-state index contributed by atoms with van der Waals surface area (Å²) in [5.41, 5.74) is 4.20. The molecule has 2 aromatic heterocycles. The molecule has 170 valence electrons. The highest BCUT2D eigenvalue weighted by atomic mass is 35.5. The smallest absolute Gasteiger partial charge is 0.274 e. The Labute approximate surface area is 198 Å². The number of carbonyl (C=O) groups excluding carboxylic acids is 1. The van der Waals surface area contributed by atoms with Crippen LogP contribution < -0.4 is 10.6 Å². The number of halogens is 1. The summed E-state index contributed by atoms with van der Waals surface area (Å²) in [5, 5.41) is 11.4. The maximum Gasteiger partial charge on any atom is 0.274 e. The Hall–Kier alpha value is -3.42. The van der Waals surface area contributed by atoms with Gasteiger partial charge < -0.3 is 15.5 Å². The topological polar surface area (TPSA) is 74.6 Å². The van der Waals surface area contributed by atoms with Crippen molar-refractivity contribution in [1.29, 1.82) is 0 Å². The summed E-state index contributed by atoms with van der Waals surface area (Å²) < 4.78 is 1.65. The standard InChI is InChI=1S/C25H27ClN6O/c1-3-31(4-2)15-13-27-21-10-5-6-11-22(21)30-25(33)23-12-14-32-24(29-23)20(17-28-32)18-8-7-9-19(26)16-18/h5-12,14,16-17,27H,3-4,13,15H2,1-2H3,(H,30,33). The number of likely N-dealkylation sites (N-methyl/N-ethyl adjacent to an activating group) is 1. The van der Waals surface area contributed by atoms with E-state index in [1.54, 1.807) is 23.0 Å². The Morgan fingerprint density at radius 1 is 1.06 bits per heavy atom. The number of fused-ring (bicyclic) bond motifs is 1. The summed E-state index contributed by atoms with van der Waals surface area (Å²) in [4.78, 5) is 20.0. The molecule has 4 rings (SSSR count). The van der Waals surface area contributed by atoms with Gasteiger partial charge in [-0.3, -0.25) is 4.79 Å². The number of nitrogens with zero attached hydrogens (tertiary/aromatic N) is 4. The molecule has 2 aromatic carbocycles. The van der Waals surface area contributed by atoms with E-state index in [1.807, 2.05) is 48.5 Å². The molecule has 0 aliphatic rings. The van der Waals surface area contributed by atoms with Crippen molar-refractivity contribution >= 4 is 34.5 Å². The lowest BCUT2D eigenvalue weighted by Crippen LogP contribution is -2.28. The monoisotopic (exact) mass is 462 g/mol. The highest BCUT2D eigenvalue weighted by Crippen LogP contribution is 2.26. The van der Waals surface area contributed by atoms with Gasteiger partial charge in [0.2, 0.25) is 0 Å². The number of nitrogens with one attached hydrogen (secondary N) is 2. The van der Waals surface area contributed by atoms with Gasteiger partial charge in [0.15, 0.2) is 5.65 Å². The minimum Gasteiger partial charge on any atom is -0.382 e. The van der Waals surface area contributed by atoms with Gasteiger partial charge in [0.05, 0.1) is 17.6 Å². The zero-order valence-electron chi connectivity index (χ0n) is 18.8. The van der Waals surface area contributed by atoms with Gasteiger partial charge >= 0.3 is 0 Å². The van der Waals surface area contributed by atoms with Crippen LogP contribution in [-0.4, -0.2) is 51.6 Å². The van der Waals surface area contributed by atoms with Crippen LogP contribution in [0.4, 0.5) is 11.4 Å². The van der Waals surface area contributed by atoms with Crippen molar-refractivity contribution in [3.05, 3.63) is 77.7 Å². The third kappa shape index (κ3) is 5.32. The molecule has 0 bridgehead atoms. The molecule has 0 saturated carbocycles. The quantitative estimate of drug-likeness (QED) is 0.364. The minimum absolute atomic E-state index is 0.284. The first-order valence-electron chi connectivity index (χ1n) is 11.1. The van der Waals surface area contributed by atoms with E-state index in [9.17, 15) is 4.79 Å². The van der Waals surface area contributed by atoms with Gasteiger partial charge in [-0.25, -0.2) is 9.50 Å². The van der Waals surface area contributed by atoms with Crippen LogP contribution in [0.1, 0.15) is 24.3 Å². The van der Waals surface area contributed by atoms with Crippen LogP contribution in [0, 0.1) is 0 Å². The summed E-state index contributed by atoms with van der Waals surface area (Å²) in [6.07, 6.45) is 3.46. The Balaban J connectivity index is 1.53. The zero-order chi connectivity index (χ0) is 23.2. The first-order valence-corrected chi connectivity index (χ1v) is 11.4. The van der Waals surface area contributed by atoms with Crippen molar-refractivity contribution in [1.82, 2.24) is 19.5 Å². The van der Waals surface area contributed by atoms with Crippen LogP contribution in [0.25, 0.3) is 16.8 Å². The molecule has 2 N–H and O–H groups in total. The first-order chi connectivity index (χ1) is 16.1. The number of anilines is 2. The number of carbonyl (C=O) groups is 1. The molecule has 0 saturated heterocycles. The molecule has 33 heavy (non-hydrogen) atoms. The van der Waals surface area contributed by atoms with Crippen molar-refractivity contribution in [3.8, 4) is 11.1 Å². The van der Waals surface area contributed by atoms with Gasteiger partial charge in [-0.1, -0.05) is 49.7 Å². The fraction of sp³-hybridized carbons (Fsp3) is 0.240. The van der Waals surface area contributed by atoms with Crippen molar-refractivity contribution < 1.29 is 4.79 Å². The Morgan fingerprint density at radius 3 is 2.61 bits per heavy atom. The summed E-state index contributed by atoms with van der Waals surface area (Å²) in [6, 6.07) is 16.8. The van der Waals surface area contributed by atoms with Gasteiger partial charge in [-0.05, 0) is 49.0 Å². The van der Waals surface area contributed by atoms with Crippen molar-refractivity contribution in [2.45, 2.75) is 13.8 Å². The maximum atomic E-state index is 13.0. The molecule has 0 aliphatic heterocycles. The van der Waals surface area contributed by atoms with Crippen LogP contribution in [-0.2, 0) is 0 Å². The van der Waals surface area contributed by atoms with Gasteiger partial charge in [0.25, 0.3) is 5.91 Å². The first kappa shape index (κ1) is 22.8. The van der Waals surface area contributed by atoms with Crippen molar-refractivity contribution in [2.75, 3.05) is 36.8 Å². The molecule has 2 heterocycles. The number of hydrogen-bond acceptors (Lipinski definition) is 5. The molecule has 7 nitrogen and oxygen atoms in total. The van der Waals surface area contributed by atoms with Crippen LogP contribution in [0.15, 0.2) is 67.0 Å². The predicted octanol–water partition coefficient (Wildman–Crippen LogP) is 5.06. The van der Waals surface area contributed by atoms with Crippen LogP contribution in [0.3, 0.4) is 0 Å². The van der Waals surface area contributed by atoms with E-state index in [1.165, 1.54) is 0 Å². The summed E-state index contributed by atoms with van der Waals surface area (Å²) in [7, 11) is 0. The fourth-order valence-corrected chi connectivity index (χ4v) is 3.87. The lowest BCUT2D eigenvalue weighted by Gasteiger charge is -2.19. The molecular weight excluding hydrogens is 436 g/mol. The SMILES string of the molecule is CCN(CC)CCNc1ccccc1NC(=O)c1ccn2ncc(-c3cccc(Cl)c3)c2n1. The normalized spacial score (nSPS) is 11.2. The molecule has 0 fully saturated rings. The van der Waals surface area contributed by atoms with E-state index in [0.29, 0.717) is 22.1 Å². The van der Waals surface area contributed by atoms with Crippen molar-refractivity contribution in [3.63, 3.8) is 0 Å². The number of benzene rings is 2. The molecule has 1 amide bonds. The number of aromatic nitrogens is 3. The lowest BCUT2D eigenvalue weighted by molar-refractivity contribution is 0.102. The third-order valence-corrected chi connectivity index (χ3v) is 5.79. The second kappa shape index (κ2) is 10.5. The van der Waals surface area contributed by atoms with Crippen LogP contribution in [0.2, 0.25) is 5.02 Å².